The second-order valence-corrected chi connectivity index (χ2v) is 4.17. The SMILES string of the molecule is C=C/C(=C\C(=C)N)CCc1cccc(CC)c1. The molecule has 0 saturated heterocycles. The molecule has 2 N–H and O–H groups in total. The van der Waals surface area contributed by atoms with Crippen molar-refractivity contribution in [3.8, 4) is 0 Å². The maximum atomic E-state index is 5.56. The number of hydrogen-bond donors (Lipinski definition) is 1. The minimum absolute atomic E-state index is 0.585. The van der Waals surface area contributed by atoms with Crippen molar-refractivity contribution in [1.82, 2.24) is 0 Å². The molecule has 1 nitrogen and oxygen atoms in total. The maximum Gasteiger partial charge on any atom is 0.0243 e. The average Bonchev–Trinajstić information content (AvgIpc) is 2.34. The van der Waals surface area contributed by atoms with E-state index < -0.39 is 0 Å². The Kier molecular flexibility index (Phi) is 5.28. The molecule has 90 valence electrons. The number of nitrogens with two attached hydrogens (primary N) is 1. The number of allylic oxidation sites excluding steroid dienone is 3. The molecule has 1 aromatic rings. The van der Waals surface area contributed by atoms with Crippen LogP contribution in [0.3, 0.4) is 0 Å². The Morgan fingerprint density at radius 1 is 1.35 bits per heavy atom. The first-order chi connectivity index (χ1) is 8.15. The van der Waals surface area contributed by atoms with Crippen LogP contribution in [0.4, 0.5) is 0 Å². The van der Waals surface area contributed by atoms with Gasteiger partial charge in [0.25, 0.3) is 0 Å². The van der Waals surface area contributed by atoms with Gasteiger partial charge in [0.05, 0.1) is 0 Å². The molecule has 0 fully saturated rings. The lowest BCUT2D eigenvalue weighted by molar-refractivity contribution is 0.956. The number of aryl methyl sites for hydroxylation is 2. The van der Waals surface area contributed by atoms with Crippen LogP contribution in [0.15, 0.2) is 60.8 Å². The smallest absolute Gasteiger partial charge is 0.0243 e. The van der Waals surface area contributed by atoms with Crippen molar-refractivity contribution < 1.29 is 0 Å². The van der Waals surface area contributed by atoms with Crippen molar-refractivity contribution >= 4 is 0 Å². The van der Waals surface area contributed by atoms with E-state index in [9.17, 15) is 0 Å². The lowest BCUT2D eigenvalue weighted by atomic mass is 10.0. The highest BCUT2D eigenvalue weighted by Gasteiger charge is 1.97. The topological polar surface area (TPSA) is 26.0 Å². The predicted octanol–water partition coefficient (Wildman–Crippen LogP) is 3.77. The molecule has 0 heterocycles. The molecule has 0 radical (unpaired) electrons. The summed E-state index contributed by atoms with van der Waals surface area (Å²) in [4.78, 5) is 0. The van der Waals surface area contributed by atoms with Gasteiger partial charge in [-0.3, -0.25) is 0 Å². The van der Waals surface area contributed by atoms with E-state index >= 15 is 0 Å². The van der Waals surface area contributed by atoms with Gasteiger partial charge in [0.2, 0.25) is 0 Å². The Balaban J connectivity index is 2.65. The maximum absolute atomic E-state index is 5.56. The van der Waals surface area contributed by atoms with Gasteiger partial charge in [-0.1, -0.05) is 50.4 Å². The molecule has 1 aromatic carbocycles. The predicted molar refractivity (Wildman–Crippen MR) is 75.7 cm³/mol. The fourth-order valence-corrected chi connectivity index (χ4v) is 1.77. The molecular formula is C16H21N. The summed E-state index contributed by atoms with van der Waals surface area (Å²) >= 11 is 0. The first-order valence-electron chi connectivity index (χ1n) is 6.01. The normalized spacial score (nSPS) is 11.2. The van der Waals surface area contributed by atoms with Crippen molar-refractivity contribution in [3.05, 3.63) is 72.0 Å². The standard InChI is InChI=1S/C16H21N/c1-4-14-7-6-8-16(12-14)10-9-15(5-2)11-13(3)17/h5-8,11-12H,2-4,9-10,17H2,1H3/b15-11+. The number of rotatable bonds is 6. The highest BCUT2D eigenvalue weighted by atomic mass is 14.5. The molecule has 0 aliphatic carbocycles. The molecule has 17 heavy (non-hydrogen) atoms. The van der Waals surface area contributed by atoms with Gasteiger partial charge in [-0.05, 0) is 42.0 Å². The highest BCUT2D eigenvalue weighted by molar-refractivity contribution is 5.28. The van der Waals surface area contributed by atoms with E-state index in [0.29, 0.717) is 5.70 Å². The van der Waals surface area contributed by atoms with Gasteiger partial charge in [0, 0.05) is 5.70 Å². The van der Waals surface area contributed by atoms with Crippen LogP contribution in [0.1, 0.15) is 24.5 Å². The lowest BCUT2D eigenvalue weighted by Crippen LogP contribution is -1.94. The summed E-state index contributed by atoms with van der Waals surface area (Å²) in [6, 6.07) is 8.71. The van der Waals surface area contributed by atoms with Gasteiger partial charge in [-0.2, -0.15) is 0 Å². The summed E-state index contributed by atoms with van der Waals surface area (Å²) in [5.74, 6) is 0. The second-order valence-electron chi connectivity index (χ2n) is 4.17. The molecule has 0 bridgehead atoms. The van der Waals surface area contributed by atoms with E-state index in [2.05, 4.69) is 44.3 Å². The van der Waals surface area contributed by atoms with Crippen LogP contribution in [0, 0.1) is 0 Å². The summed E-state index contributed by atoms with van der Waals surface area (Å²) in [5.41, 5.74) is 10.0. The summed E-state index contributed by atoms with van der Waals surface area (Å²) in [6.45, 7) is 9.65. The molecular weight excluding hydrogens is 206 g/mol. The first-order valence-corrected chi connectivity index (χ1v) is 6.01. The average molecular weight is 227 g/mol. The molecule has 0 unspecified atom stereocenters. The van der Waals surface area contributed by atoms with Crippen LogP contribution in [0.25, 0.3) is 0 Å². The molecule has 0 aliphatic rings. The molecule has 0 aromatic heterocycles. The largest absolute Gasteiger partial charge is 0.399 e. The Bertz CT molecular complexity index is 427. The van der Waals surface area contributed by atoms with E-state index in [4.69, 9.17) is 5.73 Å². The zero-order chi connectivity index (χ0) is 12.7. The molecule has 1 rings (SSSR count). The van der Waals surface area contributed by atoms with E-state index in [1.807, 2.05) is 12.2 Å². The van der Waals surface area contributed by atoms with Crippen molar-refractivity contribution in [2.24, 2.45) is 5.73 Å². The van der Waals surface area contributed by atoms with Gasteiger partial charge in [-0.25, -0.2) is 0 Å². The third kappa shape index (κ3) is 4.73. The molecule has 0 spiro atoms. The molecule has 0 saturated carbocycles. The molecule has 1 heteroatoms. The van der Waals surface area contributed by atoms with E-state index in [0.717, 1.165) is 24.8 Å². The van der Waals surface area contributed by atoms with E-state index in [-0.39, 0.29) is 0 Å². The van der Waals surface area contributed by atoms with Gasteiger partial charge in [-0.15, -0.1) is 0 Å². The van der Waals surface area contributed by atoms with Crippen LogP contribution in [0.2, 0.25) is 0 Å². The van der Waals surface area contributed by atoms with Crippen molar-refractivity contribution in [3.63, 3.8) is 0 Å². The Hall–Kier alpha value is -1.76. The van der Waals surface area contributed by atoms with Gasteiger partial charge in [0.1, 0.15) is 0 Å². The first kappa shape index (κ1) is 13.3. The van der Waals surface area contributed by atoms with E-state index in [1.54, 1.807) is 0 Å². The molecule has 0 atom stereocenters. The number of benzene rings is 1. The Morgan fingerprint density at radius 2 is 2.06 bits per heavy atom. The van der Waals surface area contributed by atoms with Crippen molar-refractivity contribution in [2.45, 2.75) is 26.2 Å². The number of hydrogen-bond acceptors (Lipinski definition) is 1. The third-order valence-electron chi connectivity index (χ3n) is 2.73. The van der Waals surface area contributed by atoms with Gasteiger partial charge >= 0.3 is 0 Å². The summed E-state index contributed by atoms with van der Waals surface area (Å²) in [5, 5.41) is 0. The monoisotopic (exact) mass is 227 g/mol. The zero-order valence-electron chi connectivity index (χ0n) is 10.6. The lowest BCUT2D eigenvalue weighted by Gasteiger charge is -2.05. The van der Waals surface area contributed by atoms with Crippen LogP contribution >= 0.6 is 0 Å². The third-order valence-corrected chi connectivity index (χ3v) is 2.73. The van der Waals surface area contributed by atoms with Gasteiger partial charge in [0.15, 0.2) is 0 Å². The van der Waals surface area contributed by atoms with Gasteiger partial charge < -0.3 is 5.73 Å². The van der Waals surface area contributed by atoms with Crippen LogP contribution in [-0.4, -0.2) is 0 Å². The minimum atomic E-state index is 0.585. The quantitative estimate of drug-likeness (QED) is 0.736. The Labute approximate surface area is 104 Å². The Morgan fingerprint density at radius 3 is 2.65 bits per heavy atom. The summed E-state index contributed by atoms with van der Waals surface area (Å²) < 4.78 is 0. The molecule has 0 aliphatic heterocycles. The van der Waals surface area contributed by atoms with Crippen LogP contribution < -0.4 is 5.73 Å². The summed E-state index contributed by atoms with van der Waals surface area (Å²) in [6.07, 6.45) is 6.78. The minimum Gasteiger partial charge on any atom is -0.399 e. The highest BCUT2D eigenvalue weighted by Crippen LogP contribution is 2.13. The van der Waals surface area contributed by atoms with E-state index in [1.165, 1.54) is 11.1 Å². The molecule has 0 amide bonds. The van der Waals surface area contributed by atoms with Crippen LogP contribution in [0.5, 0.6) is 0 Å². The van der Waals surface area contributed by atoms with Crippen molar-refractivity contribution in [1.29, 1.82) is 0 Å². The van der Waals surface area contributed by atoms with Crippen LogP contribution in [-0.2, 0) is 12.8 Å². The second kappa shape index (κ2) is 6.74. The fraction of sp³-hybridized carbons (Fsp3) is 0.250. The summed E-state index contributed by atoms with van der Waals surface area (Å²) in [7, 11) is 0. The fourth-order valence-electron chi connectivity index (χ4n) is 1.77. The zero-order valence-corrected chi connectivity index (χ0v) is 10.6. The van der Waals surface area contributed by atoms with Crippen molar-refractivity contribution in [2.75, 3.05) is 0 Å².